The maximum atomic E-state index is 11.4. The Kier molecular flexibility index (Phi) is 6.23. The molecule has 122 valence electrons. The second-order valence-electron chi connectivity index (χ2n) is 4.35. The van der Waals surface area contributed by atoms with Crippen LogP contribution in [-0.2, 0) is 11.2 Å². The van der Waals surface area contributed by atoms with Gasteiger partial charge in [-0.3, -0.25) is 0 Å². The lowest BCUT2D eigenvalue weighted by Gasteiger charge is -2.06. The van der Waals surface area contributed by atoms with Crippen LogP contribution >= 0.6 is 27.7 Å². The monoisotopic (exact) mass is 398 g/mol. The molecule has 0 aliphatic heterocycles. The van der Waals surface area contributed by atoms with Crippen LogP contribution in [0, 0.1) is 0 Å². The van der Waals surface area contributed by atoms with E-state index in [1.165, 1.54) is 0 Å². The molecule has 6 nitrogen and oxygen atoms in total. The molecule has 0 saturated carbocycles. The number of nitrogens with zero attached hydrogens (tertiary/aromatic N) is 2. The van der Waals surface area contributed by atoms with Gasteiger partial charge in [-0.25, -0.2) is 4.79 Å². The first kappa shape index (κ1) is 17.6. The van der Waals surface area contributed by atoms with Crippen LogP contribution in [0.1, 0.15) is 25.3 Å². The van der Waals surface area contributed by atoms with Gasteiger partial charge >= 0.3 is 5.97 Å². The van der Waals surface area contributed by atoms with E-state index >= 15 is 0 Å². The molecular formula is C15H15BrN2O4S. The first-order valence-corrected chi connectivity index (χ1v) is 8.52. The molecule has 0 saturated heterocycles. The fourth-order valence-electron chi connectivity index (χ4n) is 1.68. The van der Waals surface area contributed by atoms with Gasteiger partial charge in [0, 0.05) is 6.42 Å². The van der Waals surface area contributed by atoms with Gasteiger partial charge in [-0.2, -0.15) is 0 Å². The van der Waals surface area contributed by atoms with Gasteiger partial charge in [0.1, 0.15) is 10.7 Å². The molecule has 0 aliphatic carbocycles. The number of ether oxygens (including phenoxy) is 1. The number of halogens is 1. The van der Waals surface area contributed by atoms with E-state index in [1.54, 1.807) is 24.3 Å². The van der Waals surface area contributed by atoms with Crippen molar-refractivity contribution in [2.24, 2.45) is 0 Å². The average molecular weight is 399 g/mol. The highest BCUT2D eigenvalue weighted by atomic mass is 79.9. The standard InChI is InChI=1S/C15H15BrN2O4S/c1-3-13-17-18-15(22-13)23-12(14(19)20)8-9-5-6-11(21-4-2)10(16)7-9/h5-8H,3-4H2,1-2H3,(H,19,20)/b12-8-. The van der Waals surface area contributed by atoms with Crippen LogP contribution in [0.3, 0.4) is 0 Å². The SMILES string of the molecule is CCOc1ccc(/C=C(\Sc2nnc(CC)o2)C(=O)O)cc1Br. The number of aromatic nitrogens is 2. The molecule has 1 aromatic carbocycles. The van der Waals surface area contributed by atoms with Crippen LogP contribution in [0.15, 0.2) is 37.2 Å². The Balaban J connectivity index is 2.24. The van der Waals surface area contributed by atoms with Crippen molar-refractivity contribution in [1.82, 2.24) is 10.2 Å². The van der Waals surface area contributed by atoms with Crippen LogP contribution in [-0.4, -0.2) is 27.9 Å². The van der Waals surface area contributed by atoms with Crippen LogP contribution in [0.2, 0.25) is 0 Å². The van der Waals surface area contributed by atoms with E-state index in [4.69, 9.17) is 9.15 Å². The minimum absolute atomic E-state index is 0.0902. The van der Waals surface area contributed by atoms with E-state index in [2.05, 4.69) is 26.1 Å². The Labute approximate surface area is 146 Å². The molecule has 1 heterocycles. The van der Waals surface area contributed by atoms with Crippen LogP contribution < -0.4 is 4.74 Å². The molecule has 0 unspecified atom stereocenters. The fourth-order valence-corrected chi connectivity index (χ4v) is 2.88. The fraction of sp³-hybridized carbons (Fsp3) is 0.267. The van der Waals surface area contributed by atoms with E-state index in [0.717, 1.165) is 21.8 Å². The molecule has 0 fully saturated rings. The maximum Gasteiger partial charge on any atom is 0.342 e. The first-order valence-electron chi connectivity index (χ1n) is 6.91. The van der Waals surface area contributed by atoms with E-state index < -0.39 is 5.97 Å². The number of hydrogen-bond donors (Lipinski definition) is 1. The van der Waals surface area contributed by atoms with Crippen LogP contribution in [0.5, 0.6) is 5.75 Å². The summed E-state index contributed by atoms with van der Waals surface area (Å²) in [6.07, 6.45) is 2.15. The normalized spacial score (nSPS) is 11.5. The summed E-state index contributed by atoms with van der Waals surface area (Å²) in [6.45, 7) is 4.34. The number of carboxylic acid groups (broad SMARTS) is 1. The van der Waals surface area contributed by atoms with Crippen molar-refractivity contribution in [3.05, 3.63) is 39.0 Å². The number of rotatable bonds is 7. The lowest BCUT2D eigenvalue weighted by molar-refractivity contribution is -0.131. The molecule has 0 radical (unpaired) electrons. The molecular weight excluding hydrogens is 384 g/mol. The van der Waals surface area contributed by atoms with Gasteiger partial charge in [-0.1, -0.05) is 13.0 Å². The minimum Gasteiger partial charge on any atom is -0.493 e. The van der Waals surface area contributed by atoms with Crippen molar-refractivity contribution < 1.29 is 19.1 Å². The number of aryl methyl sites for hydroxylation is 1. The lowest BCUT2D eigenvalue weighted by Crippen LogP contribution is -1.97. The number of carbonyl (C=O) groups is 1. The highest BCUT2D eigenvalue weighted by Gasteiger charge is 2.15. The zero-order valence-corrected chi connectivity index (χ0v) is 15.0. The molecule has 0 aliphatic rings. The number of carboxylic acids is 1. The molecule has 8 heteroatoms. The summed E-state index contributed by atoms with van der Waals surface area (Å²) >= 11 is 4.33. The van der Waals surface area contributed by atoms with E-state index in [9.17, 15) is 9.90 Å². The number of thioether (sulfide) groups is 1. The second-order valence-corrected chi connectivity index (χ2v) is 6.20. The highest BCUT2D eigenvalue weighted by Crippen LogP contribution is 2.30. The smallest absolute Gasteiger partial charge is 0.342 e. The summed E-state index contributed by atoms with van der Waals surface area (Å²) in [5, 5.41) is 17.2. The topological polar surface area (TPSA) is 85.5 Å². The Bertz CT molecular complexity index is 730. The summed E-state index contributed by atoms with van der Waals surface area (Å²) in [6, 6.07) is 5.36. The Morgan fingerprint density at radius 1 is 1.43 bits per heavy atom. The third-order valence-corrected chi connectivity index (χ3v) is 4.18. The predicted octanol–water partition coefficient (Wildman–Crippen LogP) is 4.01. The number of aliphatic carboxylic acids is 1. The number of hydrogen-bond acceptors (Lipinski definition) is 6. The summed E-state index contributed by atoms with van der Waals surface area (Å²) in [4.78, 5) is 11.5. The third-order valence-electron chi connectivity index (χ3n) is 2.71. The second kappa shape index (κ2) is 8.16. The summed E-state index contributed by atoms with van der Waals surface area (Å²) < 4.78 is 11.5. The van der Waals surface area contributed by atoms with Gasteiger partial charge < -0.3 is 14.3 Å². The molecule has 23 heavy (non-hydrogen) atoms. The van der Waals surface area contributed by atoms with E-state index in [-0.39, 0.29) is 10.1 Å². The molecule has 0 spiro atoms. The Hall–Kier alpha value is -1.80. The van der Waals surface area contributed by atoms with Crippen molar-refractivity contribution in [2.75, 3.05) is 6.61 Å². The molecule has 1 aromatic heterocycles. The van der Waals surface area contributed by atoms with Crippen molar-refractivity contribution in [1.29, 1.82) is 0 Å². The van der Waals surface area contributed by atoms with Gasteiger partial charge in [-0.05, 0) is 58.4 Å². The van der Waals surface area contributed by atoms with Gasteiger partial charge in [0.25, 0.3) is 5.22 Å². The Morgan fingerprint density at radius 2 is 2.22 bits per heavy atom. The van der Waals surface area contributed by atoms with Crippen molar-refractivity contribution >= 4 is 39.7 Å². The van der Waals surface area contributed by atoms with Gasteiger partial charge in [0.05, 0.1) is 11.1 Å². The molecule has 2 aromatic rings. The summed E-state index contributed by atoms with van der Waals surface area (Å²) in [7, 11) is 0. The molecule has 0 atom stereocenters. The molecule has 2 rings (SSSR count). The van der Waals surface area contributed by atoms with Crippen molar-refractivity contribution in [3.8, 4) is 5.75 Å². The number of benzene rings is 1. The largest absolute Gasteiger partial charge is 0.493 e. The predicted molar refractivity (Wildman–Crippen MR) is 90.5 cm³/mol. The van der Waals surface area contributed by atoms with Crippen molar-refractivity contribution in [2.45, 2.75) is 25.5 Å². The maximum absolute atomic E-state index is 11.4. The zero-order chi connectivity index (χ0) is 16.8. The average Bonchev–Trinajstić information content (AvgIpc) is 2.97. The van der Waals surface area contributed by atoms with Gasteiger partial charge in [-0.15, -0.1) is 10.2 Å². The van der Waals surface area contributed by atoms with Gasteiger partial charge in [0.15, 0.2) is 0 Å². The lowest BCUT2D eigenvalue weighted by atomic mass is 10.2. The van der Waals surface area contributed by atoms with Crippen LogP contribution in [0.4, 0.5) is 0 Å². The Morgan fingerprint density at radius 3 is 2.78 bits per heavy atom. The molecule has 0 bridgehead atoms. The third kappa shape index (κ3) is 4.84. The summed E-state index contributed by atoms with van der Waals surface area (Å²) in [5.41, 5.74) is 0.723. The van der Waals surface area contributed by atoms with E-state index in [1.807, 2.05) is 13.8 Å². The van der Waals surface area contributed by atoms with Crippen LogP contribution in [0.25, 0.3) is 6.08 Å². The quantitative estimate of drug-likeness (QED) is 0.556. The first-order chi connectivity index (χ1) is 11.0. The van der Waals surface area contributed by atoms with Crippen molar-refractivity contribution in [3.63, 3.8) is 0 Å². The van der Waals surface area contributed by atoms with E-state index in [0.29, 0.717) is 24.7 Å². The van der Waals surface area contributed by atoms with Gasteiger partial charge in [0.2, 0.25) is 5.89 Å². The minimum atomic E-state index is -1.06. The molecule has 0 amide bonds. The summed E-state index contributed by atoms with van der Waals surface area (Å²) in [5.74, 6) is 0.121. The highest BCUT2D eigenvalue weighted by molar-refractivity contribution is 9.10. The zero-order valence-electron chi connectivity index (χ0n) is 12.6. The molecule has 1 N–H and O–H groups in total.